The number of hydrogen-bond acceptors (Lipinski definition) is 4. The second-order valence-corrected chi connectivity index (χ2v) is 6.61. The van der Waals surface area contributed by atoms with Gasteiger partial charge in [-0.15, -0.1) is 0 Å². The molecule has 0 bridgehead atoms. The topological polar surface area (TPSA) is 67.4 Å². The zero-order valence-corrected chi connectivity index (χ0v) is 12.4. The average molecular weight is 305 g/mol. The van der Waals surface area contributed by atoms with Crippen LogP contribution in [-0.2, 0) is 14.8 Å². The van der Waals surface area contributed by atoms with Crippen LogP contribution in [0, 0.1) is 6.92 Å². The summed E-state index contributed by atoms with van der Waals surface area (Å²) in [4.78, 5) is 0.210. The van der Waals surface area contributed by atoms with Crippen LogP contribution in [0.4, 0.5) is 0 Å². The van der Waals surface area contributed by atoms with E-state index in [2.05, 4.69) is 10.0 Å². The lowest BCUT2D eigenvalue weighted by atomic mass is 10.2. The van der Waals surface area contributed by atoms with Crippen LogP contribution >= 0.6 is 11.6 Å². The Morgan fingerprint density at radius 3 is 2.84 bits per heavy atom. The summed E-state index contributed by atoms with van der Waals surface area (Å²) in [5.74, 6) is 0. The molecule has 0 amide bonds. The Bertz CT molecular complexity index is 562. The Balaban J connectivity index is 2.25. The quantitative estimate of drug-likeness (QED) is 0.868. The molecule has 0 saturated carbocycles. The van der Waals surface area contributed by atoms with Crippen molar-refractivity contribution < 1.29 is 13.2 Å². The lowest BCUT2D eigenvalue weighted by Crippen LogP contribution is -2.43. The number of rotatable bonds is 4. The molecule has 1 fully saturated rings. The molecule has 1 heterocycles. The van der Waals surface area contributed by atoms with Gasteiger partial charge in [0.25, 0.3) is 0 Å². The van der Waals surface area contributed by atoms with Crippen molar-refractivity contribution in [1.82, 2.24) is 10.0 Å². The number of sulfonamides is 1. The van der Waals surface area contributed by atoms with Crippen LogP contribution in [-0.4, -0.2) is 40.8 Å². The van der Waals surface area contributed by atoms with Crippen molar-refractivity contribution in [2.75, 3.05) is 20.2 Å². The van der Waals surface area contributed by atoms with Crippen molar-refractivity contribution in [2.24, 2.45) is 0 Å². The van der Waals surface area contributed by atoms with E-state index in [0.717, 1.165) is 0 Å². The minimum absolute atomic E-state index is 0.158. The molecule has 1 aliphatic rings. The average Bonchev–Trinajstić information content (AvgIpc) is 2.78. The number of benzene rings is 1. The first-order valence-corrected chi connectivity index (χ1v) is 7.83. The highest BCUT2D eigenvalue weighted by molar-refractivity contribution is 7.89. The van der Waals surface area contributed by atoms with Crippen LogP contribution in [0.25, 0.3) is 0 Å². The number of methoxy groups -OCH3 is 1. The van der Waals surface area contributed by atoms with Gasteiger partial charge >= 0.3 is 0 Å². The summed E-state index contributed by atoms with van der Waals surface area (Å²) in [5.41, 5.74) is 0.552. The Hall–Kier alpha value is -0.660. The fraction of sp³-hybridized carbons (Fsp3) is 0.500. The minimum atomic E-state index is -3.59. The van der Waals surface area contributed by atoms with Crippen LogP contribution in [0.5, 0.6) is 0 Å². The highest BCUT2D eigenvalue weighted by Crippen LogP contribution is 2.23. The molecule has 1 aliphatic heterocycles. The Morgan fingerprint density at radius 1 is 1.42 bits per heavy atom. The molecule has 2 rings (SSSR count). The van der Waals surface area contributed by atoms with E-state index in [1.165, 1.54) is 0 Å². The normalized spacial score (nSPS) is 23.7. The van der Waals surface area contributed by atoms with Crippen LogP contribution < -0.4 is 10.0 Å². The highest BCUT2D eigenvalue weighted by atomic mass is 35.5. The van der Waals surface area contributed by atoms with Crippen molar-refractivity contribution in [3.8, 4) is 0 Å². The third-order valence-electron chi connectivity index (χ3n) is 3.28. The smallest absolute Gasteiger partial charge is 0.241 e. The molecule has 0 spiro atoms. The van der Waals surface area contributed by atoms with Gasteiger partial charge in [-0.05, 0) is 24.6 Å². The molecule has 0 aromatic heterocycles. The van der Waals surface area contributed by atoms with E-state index in [4.69, 9.17) is 16.3 Å². The first kappa shape index (κ1) is 14.7. The predicted molar refractivity (Wildman–Crippen MR) is 74.0 cm³/mol. The fourth-order valence-corrected chi connectivity index (χ4v) is 3.92. The summed E-state index contributed by atoms with van der Waals surface area (Å²) in [6, 6.07) is 4.58. The van der Waals surface area contributed by atoms with E-state index in [1.54, 1.807) is 32.2 Å². The van der Waals surface area contributed by atoms with E-state index in [-0.39, 0.29) is 17.0 Å². The first-order chi connectivity index (χ1) is 8.95. The van der Waals surface area contributed by atoms with Crippen molar-refractivity contribution in [3.05, 3.63) is 28.8 Å². The molecule has 0 aliphatic carbocycles. The molecule has 1 aromatic rings. The summed E-state index contributed by atoms with van der Waals surface area (Å²) in [7, 11) is -2.02. The molecule has 19 heavy (non-hydrogen) atoms. The summed E-state index contributed by atoms with van der Waals surface area (Å²) in [5, 5.41) is 3.54. The van der Waals surface area contributed by atoms with E-state index in [0.29, 0.717) is 23.7 Å². The van der Waals surface area contributed by atoms with Gasteiger partial charge < -0.3 is 10.1 Å². The maximum absolute atomic E-state index is 12.4. The molecule has 1 aromatic carbocycles. The van der Waals surface area contributed by atoms with Gasteiger partial charge in [0.05, 0.1) is 17.0 Å². The van der Waals surface area contributed by atoms with Gasteiger partial charge in [-0.3, -0.25) is 0 Å². The molecule has 2 atom stereocenters. The predicted octanol–water partition coefficient (Wildman–Crippen LogP) is 0.914. The van der Waals surface area contributed by atoms with Gasteiger partial charge in [-0.2, -0.15) is 0 Å². The van der Waals surface area contributed by atoms with Crippen molar-refractivity contribution >= 4 is 21.6 Å². The van der Waals surface area contributed by atoms with Crippen molar-refractivity contribution in [3.63, 3.8) is 0 Å². The molecule has 1 unspecified atom stereocenters. The number of ether oxygens (including phenoxy) is 1. The molecule has 7 heteroatoms. The Kier molecular flexibility index (Phi) is 4.47. The molecule has 0 radical (unpaired) electrons. The third-order valence-corrected chi connectivity index (χ3v) is 5.32. The summed E-state index contributed by atoms with van der Waals surface area (Å²) >= 11 is 5.96. The SMILES string of the molecule is CO[C@H]1CNCC1NS(=O)(=O)c1cccc(Cl)c1C. The molecule has 106 valence electrons. The molecule has 1 saturated heterocycles. The minimum Gasteiger partial charge on any atom is -0.378 e. The molecule has 5 nitrogen and oxygen atoms in total. The Labute approximate surface area is 118 Å². The molecule has 2 N–H and O–H groups in total. The van der Waals surface area contributed by atoms with E-state index in [9.17, 15) is 8.42 Å². The second kappa shape index (κ2) is 5.76. The van der Waals surface area contributed by atoms with Crippen LogP contribution in [0.3, 0.4) is 0 Å². The number of nitrogens with one attached hydrogen (secondary N) is 2. The zero-order valence-electron chi connectivity index (χ0n) is 10.8. The van der Waals surface area contributed by atoms with Gasteiger partial charge in [0.15, 0.2) is 0 Å². The molecular weight excluding hydrogens is 288 g/mol. The zero-order chi connectivity index (χ0) is 14.0. The summed E-state index contributed by atoms with van der Waals surface area (Å²) in [6.07, 6.45) is -0.158. The first-order valence-electron chi connectivity index (χ1n) is 5.96. The van der Waals surface area contributed by atoms with Crippen LogP contribution in [0.1, 0.15) is 5.56 Å². The molecular formula is C12H17ClN2O3S. The van der Waals surface area contributed by atoms with E-state index < -0.39 is 10.0 Å². The maximum atomic E-state index is 12.4. The van der Waals surface area contributed by atoms with Crippen LogP contribution in [0.2, 0.25) is 5.02 Å². The van der Waals surface area contributed by atoms with Gasteiger partial charge in [0.1, 0.15) is 0 Å². The lowest BCUT2D eigenvalue weighted by molar-refractivity contribution is 0.103. The largest absolute Gasteiger partial charge is 0.378 e. The van der Waals surface area contributed by atoms with Gasteiger partial charge in [-0.25, -0.2) is 13.1 Å². The summed E-state index contributed by atoms with van der Waals surface area (Å²) < 4.78 is 32.6. The summed E-state index contributed by atoms with van der Waals surface area (Å²) in [6.45, 7) is 2.88. The third kappa shape index (κ3) is 3.09. The van der Waals surface area contributed by atoms with Crippen molar-refractivity contribution in [1.29, 1.82) is 0 Å². The number of hydrogen-bond donors (Lipinski definition) is 2. The lowest BCUT2D eigenvalue weighted by Gasteiger charge is -2.19. The van der Waals surface area contributed by atoms with Gasteiger partial charge in [0.2, 0.25) is 10.0 Å². The number of halogens is 1. The standard InChI is InChI=1S/C12H17ClN2O3S/c1-8-9(13)4-3-5-12(8)19(16,17)15-10-6-14-7-11(10)18-2/h3-5,10-11,14-15H,6-7H2,1-2H3/t10?,11-/m0/s1. The van der Waals surface area contributed by atoms with Gasteiger partial charge in [-0.1, -0.05) is 17.7 Å². The second-order valence-electron chi connectivity index (χ2n) is 4.52. The monoisotopic (exact) mass is 304 g/mol. The highest BCUT2D eigenvalue weighted by Gasteiger charge is 2.31. The van der Waals surface area contributed by atoms with Gasteiger partial charge in [0, 0.05) is 25.2 Å². The van der Waals surface area contributed by atoms with E-state index in [1.807, 2.05) is 0 Å². The fourth-order valence-electron chi connectivity index (χ4n) is 2.16. The van der Waals surface area contributed by atoms with Crippen LogP contribution in [0.15, 0.2) is 23.1 Å². The van der Waals surface area contributed by atoms with E-state index >= 15 is 0 Å². The Morgan fingerprint density at radius 2 is 2.16 bits per heavy atom. The van der Waals surface area contributed by atoms with Crippen molar-refractivity contribution in [2.45, 2.75) is 24.0 Å². The maximum Gasteiger partial charge on any atom is 0.241 e.